The monoisotopic (exact) mass is 228 g/mol. The van der Waals surface area contributed by atoms with Crippen LogP contribution in [-0.4, -0.2) is 11.0 Å². The molecular weight excluding hydrogens is 220 g/mol. The number of carbonyl (C=O) groups excluding carboxylic acids is 1. The molecule has 0 fully saturated rings. The second-order valence-corrected chi connectivity index (χ2v) is 3.25. The number of rotatable bonds is 3. The minimum absolute atomic E-state index is 0.185. The maximum absolute atomic E-state index is 11.1. The van der Waals surface area contributed by atoms with E-state index < -0.39 is 5.97 Å². The molecule has 2 rings (SSSR count). The van der Waals surface area contributed by atoms with Gasteiger partial charge in [0.1, 0.15) is 0 Å². The van der Waals surface area contributed by atoms with Gasteiger partial charge in [-0.2, -0.15) is 0 Å². The molecule has 0 atom stereocenters. The molecule has 0 spiro atoms. The third-order valence-electron chi connectivity index (χ3n) is 2.19. The fraction of sp³-hybridized carbons (Fsp3) is 0. The molecule has 0 saturated heterocycles. The van der Waals surface area contributed by atoms with Crippen molar-refractivity contribution in [2.45, 2.75) is 0 Å². The minimum atomic E-state index is -0.813. The summed E-state index contributed by atoms with van der Waals surface area (Å²) in [5.41, 5.74) is 1.87. The Morgan fingerprint density at radius 1 is 1.12 bits per heavy atom. The van der Waals surface area contributed by atoms with Crippen LogP contribution in [0.1, 0.15) is 10.4 Å². The Hall–Kier alpha value is -2.56. The zero-order chi connectivity index (χ0) is 12.1. The highest BCUT2D eigenvalue weighted by atomic mass is 16.7. The first kappa shape index (κ1) is 10.9. The Bertz CT molecular complexity index is 523. The molecule has 0 radical (unpaired) electrons. The van der Waals surface area contributed by atoms with Gasteiger partial charge in [0.2, 0.25) is 0 Å². The second kappa shape index (κ2) is 4.98. The molecule has 0 amide bonds. The highest BCUT2D eigenvalue weighted by Crippen LogP contribution is 2.16. The second-order valence-electron chi connectivity index (χ2n) is 3.25. The van der Waals surface area contributed by atoms with Crippen LogP contribution < -0.4 is 0 Å². The lowest BCUT2D eigenvalue weighted by atomic mass is 10.1. The zero-order valence-electron chi connectivity index (χ0n) is 8.74. The number of pyridine rings is 1. The van der Waals surface area contributed by atoms with E-state index in [4.69, 9.17) is 0 Å². The molecular formula is C12H8N2O3. The maximum atomic E-state index is 11.1. The summed E-state index contributed by atoms with van der Waals surface area (Å²) < 4.78 is 0. The van der Waals surface area contributed by atoms with Gasteiger partial charge in [0, 0.05) is 11.8 Å². The van der Waals surface area contributed by atoms with Crippen molar-refractivity contribution in [1.82, 2.24) is 4.98 Å². The largest absolute Gasteiger partial charge is 0.370 e. The van der Waals surface area contributed by atoms with Crippen LogP contribution in [0.3, 0.4) is 0 Å². The molecule has 1 aromatic heterocycles. The Labute approximate surface area is 97.0 Å². The van der Waals surface area contributed by atoms with Crippen molar-refractivity contribution in [3.8, 4) is 11.3 Å². The van der Waals surface area contributed by atoms with Crippen molar-refractivity contribution < 1.29 is 9.63 Å². The highest BCUT2D eigenvalue weighted by Gasteiger charge is 2.08. The van der Waals surface area contributed by atoms with Gasteiger partial charge in [-0.1, -0.05) is 30.3 Å². The molecule has 0 aliphatic carbocycles. The van der Waals surface area contributed by atoms with Crippen molar-refractivity contribution >= 4 is 5.97 Å². The standard InChI is InChI=1S/C12H8N2O3/c15-12(17-14-16)10-6-7-11(13-8-10)9-4-2-1-3-5-9/h1-8H. The summed E-state index contributed by atoms with van der Waals surface area (Å²) in [7, 11) is 0. The summed E-state index contributed by atoms with van der Waals surface area (Å²) in [6, 6.07) is 12.7. The summed E-state index contributed by atoms with van der Waals surface area (Å²) in [5, 5.41) is 2.07. The third kappa shape index (κ3) is 2.52. The summed E-state index contributed by atoms with van der Waals surface area (Å²) >= 11 is 0. The van der Waals surface area contributed by atoms with Crippen LogP contribution in [0.4, 0.5) is 0 Å². The molecule has 0 saturated carbocycles. The molecule has 5 heteroatoms. The average Bonchev–Trinajstić information content (AvgIpc) is 2.40. The average molecular weight is 228 g/mol. The quantitative estimate of drug-likeness (QED) is 0.598. The van der Waals surface area contributed by atoms with Crippen LogP contribution in [0.2, 0.25) is 0 Å². The molecule has 2 aromatic rings. The Morgan fingerprint density at radius 2 is 1.88 bits per heavy atom. The van der Waals surface area contributed by atoms with Gasteiger partial charge in [0.05, 0.1) is 11.3 Å². The van der Waals surface area contributed by atoms with E-state index in [9.17, 15) is 9.70 Å². The van der Waals surface area contributed by atoms with Crippen LogP contribution in [-0.2, 0) is 4.84 Å². The fourth-order valence-corrected chi connectivity index (χ4v) is 1.38. The molecule has 0 aliphatic rings. The molecule has 84 valence electrons. The van der Waals surface area contributed by atoms with Gasteiger partial charge < -0.3 is 0 Å². The first-order valence-electron chi connectivity index (χ1n) is 4.87. The molecule has 17 heavy (non-hydrogen) atoms. The van der Waals surface area contributed by atoms with E-state index in [1.165, 1.54) is 12.3 Å². The van der Waals surface area contributed by atoms with Crippen LogP contribution in [0, 0.1) is 4.91 Å². The normalized spacial score (nSPS) is 9.65. The topological polar surface area (TPSA) is 68.6 Å². The van der Waals surface area contributed by atoms with E-state index >= 15 is 0 Å². The zero-order valence-corrected chi connectivity index (χ0v) is 8.74. The van der Waals surface area contributed by atoms with Gasteiger partial charge in [-0.3, -0.25) is 9.82 Å². The third-order valence-corrected chi connectivity index (χ3v) is 2.19. The van der Waals surface area contributed by atoms with Crippen LogP contribution >= 0.6 is 0 Å². The van der Waals surface area contributed by atoms with Crippen molar-refractivity contribution in [3.05, 3.63) is 59.1 Å². The molecule has 0 unspecified atom stereocenters. The van der Waals surface area contributed by atoms with E-state index in [0.717, 1.165) is 11.3 Å². The SMILES string of the molecule is O=NOC(=O)c1ccc(-c2ccccc2)nc1. The lowest BCUT2D eigenvalue weighted by molar-refractivity contribution is 0.0508. The molecule has 0 bridgehead atoms. The summed E-state index contributed by atoms with van der Waals surface area (Å²) in [4.78, 5) is 29.0. The molecule has 0 N–H and O–H groups in total. The van der Waals surface area contributed by atoms with Crippen LogP contribution in [0.15, 0.2) is 54.0 Å². The van der Waals surface area contributed by atoms with Crippen molar-refractivity contribution in [3.63, 3.8) is 0 Å². The number of carbonyl (C=O) groups is 1. The van der Waals surface area contributed by atoms with Gasteiger partial charge in [0.25, 0.3) is 0 Å². The van der Waals surface area contributed by atoms with Gasteiger partial charge in [-0.05, 0) is 12.1 Å². The molecule has 1 heterocycles. The van der Waals surface area contributed by atoms with E-state index in [0.29, 0.717) is 0 Å². The first-order chi connectivity index (χ1) is 8.31. The predicted octanol–water partition coefficient (Wildman–Crippen LogP) is 2.59. The van der Waals surface area contributed by atoms with Crippen molar-refractivity contribution in [2.75, 3.05) is 0 Å². The van der Waals surface area contributed by atoms with Gasteiger partial charge >= 0.3 is 5.97 Å². The van der Waals surface area contributed by atoms with Crippen LogP contribution in [0.5, 0.6) is 0 Å². The van der Waals surface area contributed by atoms with Gasteiger partial charge in [-0.15, -0.1) is 4.91 Å². The molecule has 5 nitrogen and oxygen atoms in total. The Morgan fingerprint density at radius 3 is 2.47 bits per heavy atom. The number of nitrogens with zero attached hydrogens (tertiary/aromatic N) is 2. The number of hydrogen-bond acceptors (Lipinski definition) is 5. The number of aromatic nitrogens is 1. The highest BCUT2D eigenvalue weighted by molar-refractivity contribution is 5.89. The van der Waals surface area contributed by atoms with E-state index in [2.05, 4.69) is 15.2 Å². The minimum Gasteiger partial charge on any atom is -0.279 e. The van der Waals surface area contributed by atoms with E-state index in [-0.39, 0.29) is 5.56 Å². The Kier molecular flexibility index (Phi) is 3.20. The van der Waals surface area contributed by atoms with E-state index in [1.54, 1.807) is 6.07 Å². The van der Waals surface area contributed by atoms with Gasteiger partial charge in [0.15, 0.2) is 5.34 Å². The summed E-state index contributed by atoms with van der Waals surface area (Å²) in [6.45, 7) is 0. The van der Waals surface area contributed by atoms with Crippen LogP contribution in [0.25, 0.3) is 11.3 Å². The smallest absolute Gasteiger partial charge is 0.279 e. The van der Waals surface area contributed by atoms with Gasteiger partial charge in [-0.25, -0.2) is 4.79 Å². The summed E-state index contributed by atoms with van der Waals surface area (Å²) in [5.74, 6) is -0.813. The maximum Gasteiger partial charge on any atom is 0.370 e. The van der Waals surface area contributed by atoms with Crippen molar-refractivity contribution in [1.29, 1.82) is 0 Å². The number of benzene rings is 1. The Balaban J connectivity index is 2.24. The van der Waals surface area contributed by atoms with Crippen molar-refractivity contribution in [2.24, 2.45) is 5.34 Å². The van der Waals surface area contributed by atoms with E-state index in [1.807, 2.05) is 30.3 Å². The molecule has 0 aliphatic heterocycles. The predicted molar refractivity (Wildman–Crippen MR) is 60.9 cm³/mol. The number of hydrogen-bond donors (Lipinski definition) is 0. The molecule has 1 aromatic carbocycles. The summed E-state index contributed by atoms with van der Waals surface area (Å²) in [6.07, 6.45) is 1.34. The lowest BCUT2D eigenvalue weighted by Crippen LogP contribution is -2.00. The fourth-order valence-electron chi connectivity index (χ4n) is 1.38. The lowest BCUT2D eigenvalue weighted by Gasteiger charge is -2.00. The first-order valence-corrected chi connectivity index (χ1v) is 4.87.